The van der Waals surface area contributed by atoms with Gasteiger partial charge in [0.25, 0.3) is 5.91 Å². The third-order valence-electron chi connectivity index (χ3n) is 4.85. The van der Waals surface area contributed by atoms with E-state index in [1.54, 1.807) is 4.90 Å². The van der Waals surface area contributed by atoms with Crippen molar-refractivity contribution in [2.45, 2.75) is 39.2 Å². The Bertz CT molecular complexity index is 711. The molecule has 0 aromatic heterocycles. The van der Waals surface area contributed by atoms with Gasteiger partial charge in [0.2, 0.25) is 0 Å². The molecule has 1 amide bonds. The molecule has 1 saturated heterocycles. The Morgan fingerprint density at radius 2 is 1.96 bits per heavy atom. The van der Waals surface area contributed by atoms with Crippen molar-refractivity contribution in [1.82, 2.24) is 10.2 Å². The van der Waals surface area contributed by atoms with Crippen LogP contribution in [0.25, 0.3) is 0 Å². The number of piperidine rings is 1. The number of hydrogen-bond donors (Lipinski definition) is 2. The van der Waals surface area contributed by atoms with E-state index in [1.807, 2.05) is 25.1 Å². The number of nitrogens with zero attached hydrogens (tertiary/aromatic N) is 2. The topological polar surface area (TPSA) is 93.4 Å². The van der Waals surface area contributed by atoms with Crippen LogP contribution in [0.1, 0.15) is 43.9 Å². The van der Waals surface area contributed by atoms with Crippen LogP contribution in [0, 0.1) is 17.2 Å². The highest BCUT2D eigenvalue weighted by atomic mass is 16.4. The maximum Gasteiger partial charge on any atom is 0.306 e. The number of benzene rings is 1. The second-order valence-corrected chi connectivity index (χ2v) is 6.56. The summed E-state index contributed by atoms with van der Waals surface area (Å²) in [6, 6.07) is 10.1. The molecule has 0 aliphatic carbocycles. The molecule has 0 spiro atoms. The summed E-state index contributed by atoms with van der Waals surface area (Å²) in [4.78, 5) is 25.0. The fraction of sp³-hybridized carbons (Fsp3) is 0.450. The molecule has 1 unspecified atom stereocenters. The van der Waals surface area contributed by atoms with Crippen LogP contribution in [0.5, 0.6) is 0 Å². The monoisotopic (exact) mass is 355 g/mol. The third kappa shape index (κ3) is 4.85. The first-order valence-electron chi connectivity index (χ1n) is 8.93. The Labute approximate surface area is 154 Å². The number of carboxylic acids is 1. The number of carbonyl (C=O) groups is 2. The lowest BCUT2D eigenvalue weighted by molar-refractivity contribution is -0.145. The van der Waals surface area contributed by atoms with E-state index in [2.05, 4.69) is 24.4 Å². The number of rotatable bonds is 6. The fourth-order valence-electron chi connectivity index (χ4n) is 2.99. The van der Waals surface area contributed by atoms with Crippen LogP contribution in [0.3, 0.4) is 0 Å². The molecular weight excluding hydrogens is 330 g/mol. The van der Waals surface area contributed by atoms with E-state index in [9.17, 15) is 14.9 Å². The van der Waals surface area contributed by atoms with Gasteiger partial charge in [0.05, 0.1) is 5.92 Å². The lowest BCUT2D eigenvalue weighted by Crippen LogP contribution is -2.41. The number of aliphatic carboxylic acids is 1. The molecule has 1 aromatic carbocycles. The van der Waals surface area contributed by atoms with E-state index in [0.29, 0.717) is 25.9 Å². The van der Waals surface area contributed by atoms with Crippen LogP contribution in [-0.2, 0) is 16.0 Å². The van der Waals surface area contributed by atoms with Crippen LogP contribution in [-0.4, -0.2) is 35.0 Å². The minimum Gasteiger partial charge on any atom is -0.481 e. The predicted octanol–water partition coefficient (Wildman–Crippen LogP) is 2.63. The summed E-state index contributed by atoms with van der Waals surface area (Å²) in [5.41, 5.74) is 2.37. The van der Waals surface area contributed by atoms with Gasteiger partial charge < -0.3 is 15.3 Å². The van der Waals surface area contributed by atoms with Crippen molar-refractivity contribution >= 4 is 11.9 Å². The first kappa shape index (κ1) is 19.5. The van der Waals surface area contributed by atoms with E-state index < -0.39 is 11.9 Å². The van der Waals surface area contributed by atoms with E-state index in [0.717, 1.165) is 12.0 Å². The average Bonchev–Trinajstić information content (AvgIpc) is 2.68. The SMILES string of the molecule is CCc1ccc(C(C)N/C=C(/C#N)C(=O)N2CCC(C(=O)O)CC2)cc1. The quantitative estimate of drug-likeness (QED) is 0.604. The Morgan fingerprint density at radius 3 is 2.46 bits per heavy atom. The van der Waals surface area contributed by atoms with Gasteiger partial charge in [-0.2, -0.15) is 5.26 Å². The Balaban J connectivity index is 1.97. The molecule has 0 radical (unpaired) electrons. The number of likely N-dealkylation sites (tertiary alicyclic amines) is 1. The Hall–Kier alpha value is -2.81. The molecule has 0 saturated carbocycles. The number of hydrogen-bond acceptors (Lipinski definition) is 4. The average molecular weight is 355 g/mol. The van der Waals surface area contributed by atoms with Gasteiger partial charge in [0, 0.05) is 25.3 Å². The van der Waals surface area contributed by atoms with Crippen molar-refractivity contribution in [3.8, 4) is 6.07 Å². The van der Waals surface area contributed by atoms with Crippen molar-refractivity contribution in [3.05, 3.63) is 47.2 Å². The van der Waals surface area contributed by atoms with Crippen LogP contribution in [0.4, 0.5) is 0 Å². The third-order valence-corrected chi connectivity index (χ3v) is 4.85. The molecule has 2 N–H and O–H groups in total. The number of aryl methyl sites for hydroxylation is 1. The van der Waals surface area contributed by atoms with Gasteiger partial charge in [-0.25, -0.2) is 0 Å². The molecule has 1 fully saturated rings. The molecule has 1 aliphatic heterocycles. The zero-order chi connectivity index (χ0) is 19.1. The predicted molar refractivity (Wildman–Crippen MR) is 98.0 cm³/mol. The summed E-state index contributed by atoms with van der Waals surface area (Å²) in [7, 11) is 0. The van der Waals surface area contributed by atoms with E-state index >= 15 is 0 Å². The molecule has 26 heavy (non-hydrogen) atoms. The molecule has 2 rings (SSSR count). The molecule has 1 aromatic rings. The van der Waals surface area contributed by atoms with Gasteiger partial charge in [-0.05, 0) is 37.3 Å². The van der Waals surface area contributed by atoms with Crippen LogP contribution in [0.15, 0.2) is 36.0 Å². The highest BCUT2D eigenvalue weighted by Crippen LogP contribution is 2.19. The Kier molecular flexibility index (Phi) is 6.79. The molecule has 1 aliphatic rings. The zero-order valence-electron chi connectivity index (χ0n) is 15.2. The number of carboxylic acid groups (broad SMARTS) is 1. The minimum atomic E-state index is -0.822. The lowest BCUT2D eigenvalue weighted by Gasteiger charge is -2.29. The van der Waals surface area contributed by atoms with Gasteiger partial charge in [-0.15, -0.1) is 0 Å². The minimum absolute atomic E-state index is 0.0326. The zero-order valence-corrected chi connectivity index (χ0v) is 15.2. The molecular formula is C20H25N3O3. The summed E-state index contributed by atoms with van der Waals surface area (Å²) in [5.74, 6) is -1.58. The Morgan fingerprint density at radius 1 is 1.35 bits per heavy atom. The second-order valence-electron chi connectivity index (χ2n) is 6.56. The standard InChI is InChI=1S/C20H25N3O3/c1-3-15-4-6-16(7-5-15)14(2)22-13-18(12-21)19(24)23-10-8-17(9-11-23)20(25)26/h4-7,13-14,17,22H,3,8-11H2,1-2H3,(H,25,26)/b18-13-. The van der Waals surface area contributed by atoms with E-state index in [4.69, 9.17) is 5.11 Å². The first-order chi connectivity index (χ1) is 12.5. The van der Waals surface area contributed by atoms with Crippen molar-refractivity contribution in [2.24, 2.45) is 5.92 Å². The second kappa shape index (κ2) is 9.04. The molecule has 1 heterocycles. The van der Waals surface area contributed by atoms with Gasteiger partial charge in [-0.1, -0.05) is 31.2 Å². The van der Waals surface area contributed by atoms with Crippen molar-refractivity contribution in [3.63, 3.8) is 0 Å². The summed E-state index contributed by atoms with van der Waals surface area (Å²) in [6.45, 7) is 4.80. The normalized spacial score (nSPS) is 16.7. The number of carbonyl (C=O) groups excluding carboxylic acids is 1. The largest absolute Gasteiger partial charge is 0.481 e. The van der Waals surface area contributed by atoms with Gasteiger partial charge >= 0.3 is 5.97 Å². The van der Waals surface area contributed by atoms with E-state index in [1.165, 1.54) is 11.8 Å². The molecule has 1 atom stereocenters. The highest BCUT2D eigenvalue weighted by molar-refractivity contribution is 5.97. The van der Waals surface area contributed by atoms with Crippen LogP contribution < -0.4 is 5.32 Å². The van der Waals surface area contributed by atoms with Crippen LogP contribution in [0.2, 0.25) is 0 Å². The maximum absolute atomic E-state index is 12.5. The molecule has 0 bridgehead atoms. The maximum atomic E-state index is 12.5. The highest BCUT2D eigenvalue weighted by Gasteiger charge is 2.28. The number of amides is 1. The summed E-state index contributed by atoms with van der Waals surface area (Å²) in [5, 5.41) is 21.5. The summed E-state index contributed by atoms with van der Waals surface area (Å²) >= 11 is 0. The molecule has 6 nitrogen and oxygen atoms in total. The van der Waals surface area contributed by atoms with Crippen LogP contribution >= 0.6 is 0 Å². The fourth-order valence-corrected chi connectivity index (χ4v) is 2.99. The molecule has 6 heteroatoms. The van der Waals surface area contributed by atoms with Crippen molar-refractivity contribution in [2.75, 3.05) is 13.1 Å². The number of nitriles is 1. The van der Waals surface area contributed by atoms with E-state index in [-0.39, 0.29) is 17.5 Å². The number of nitrogens with one attached hydrogen (secondary N) is 1. The van der Waals surface area contributed by atoms with Crippen molar-refractivity contribution in [1.29, 1.82) is 5.26 Å². The lowest BCUT2D eigenvalue weighted by atomic mass is 9.97. The van der Waals surface area contributed by atoms with Gasteiger partial charge in [0.15, 0.2) is 0 Å². The van der Waals surface area contributed by atoms with Gasteiger partial charge in [0.1, 0.15) is 11.6 Å². The summed E-state index contributed by atoms with van der Waals surface area (Å²) in [6.07, 6.45) is 3.29. The first-order valence-corrected chi connectivity index (χ1v) is 8.93. The molecule has 138 valence electrons. The summed E-state index contributed by atoms with van der Waals surface area (Å²) < 4.78 is 0. The smallest absolute Gasteiger partial charge is 0.306 e. The van der Waals surface area contributed by atoms with Crippen molar-refractivity contribution < 1.29 is 14.7 Å². The van der Waals surface area contributed by atoms with Gasteiger partial charge in [-0.3, -0.25) is 9.59 Å².